The topological polar surface area (TPSA) is 46.5 Å². The summed E-state index contributed by atoms with van der Waals surface area (Å²) in [7, 11) is 1.17. The van der Waals surface area contributed by atoms with Gasteiger partial charge in [-0.3, -0.25) is 4.79 Å². The first-order valence-electron chi connectivity index (χ1n) is 6.40. The Labute approximate surface area is 128 Å². The molecule has 21 heavy (non-hydrogen) atoms. The number of halogens is 4. The summed E-state index contributed by atoms with van der Waals surface area (Å²) in [5.41, 5.74) is -0.575. The largest absolute Gasteiger partial charge is 0.496 e. The molecule has 0 aliphatic heterocycles. The van der Waals surface area contributed by atoms with Gasteiger partial charge in [0, 0.05) is 10.4 Å². The quantitative estimate of drug-likeness (QED) is 0.837. The standard InChI is InChI=1S/C14H14BrF3O3/c1-21-13-10(9(6-12(19)20)7-2-3-7)4-8(15)5-11(13)14(16,17)18/h4-5,7,9H,2-3,6H2,1H3,(H,19,20). The summed E-state index contributed by atoms with van der Waals surface area (Å²) in [6, 6.07) is 2.48. The molecule has 0 aromatic heterocycles. The molecular weight excluding hydrogens is 353 g/mol. The Morgan fingerprint density at radius 3 is 2.52 bits per heavy atom. The number of aliphatic carboxylic acids is 1. The zero-order valence-corrected chi connectivity index (χ0v) is 12.8. The highest BCUT2D eigenvalue weighted by Gasteiger charge is 2.40. The normalized spacial score (nSPS) is 16.6. The number of hydrogen-bond donors (Lipinski definition) is 1. The van der Waals surface area contributed by atoms with Crippen LogP contribution in [0, 0.1) is 5.92 Å². The monoisotopic (exact) mass is 366 g/mol. The van der Waals surface area contributed by atoms with E-state index in [2.05, 4.69) is 15.9 Å². The van der Waals surface area contributed by atoms with Crippen molar-refractivity contribution in [1.82, 2.24) is 0 Å². The maximum absolute atomic E-state index is 13.1. The maximum atomic E-state index is 13.1. The molecule has 2 rings (SSSR count). The van der Waals surface area contributed by atoms with Crippen molar-refractivity contribution in [2.45, 2.75) is 31.4 Å². The lowest BCUT2D eigenvalue weighted by atomic mass is 9.89. The molecule has 1 aliphatic carbocycles. The van der Waals surface area contributed by atoms with Gasteiger partial charge in [-0.25, -0.2) is 0 Å². The van der Waals surface area contributed by atoms with E-state index in [4.69, 9.17) is 9.84 Å². The average molecular weight is 367 g/mol. The molecule has 1 atom stereocenters. The van der Waals surface area contributed by atoms with E-state index < -0.39 is 23.6 Å². The van der Waals surface area contributed by atoms with Gasteiger partial charge < -0.3 is 9.84 Å². The number of methoxy groups -OCH3 is 1. The molecule has 0 saturated heterocycles. The Morgan fingerprint density at radius 1 is 1.48 bits per heavy atom. The van der Waals surface area contributed by atoms with E-state index in [9.17, 15) is 18.0 Å². The lowest BCUT2D eigenvalue weighted by Crippen LogP contribution is -2.14. The summed E-state index contributed by atoms with van der Waals surface area (Å²) >= 11 is 3.07. The third-order valence-electron chi connectivity index (χ3n) is 3.58. The van der Waals surface area contributed by atoms with Crippen LogP contribution in [0.2, 0.25) is 0 Å². The van der Waals surface area contributed by atoms with E-state index in [1.165, 1.54) is 13.2 Å². The fourth-order valence-electron chi connectivity index (χ4n) is 2.55. The fraction of sp³-hybridized carbons (Fsp3) is 0.500. The summed E-state index contributed by atoms with van der Waals surface area (Å²) in [6.07, 6.45) is -3.10. The van der Waals surface area contributed by atoms with Gasteiger partial charge in [0.25, 0.3) is 0 Å². The Bertz CT molecular complexity index is 553. The second-order valence-corrected chi connectivity index (χ2v) is 6.03. The summed E-state index contributed by atoms with van der Waals surface area (Å²) in [6.45, 7) is 0. The molecule has 1 aliphatic rings. The van der Waals surface area contributed by atoms with Gasteiger partial charge in [0.05, 0.1) is 19.1 Å². The minimum absolute atomic E-state index is 0.102. The first-order chi connectivity index (χ1) is 9.74. The minimum atomic E-state index is -4.55. The van der Waals surface area contributed by atoms with Gasteiger partial charge in [-0.2, -0.15) is 13.2 Å². The molecule has 1 unspecified atom stereocenters. The van der Waals surface area contributed by atoms with Crippen LogP contribution in [0.1, 0.15) is 36.3 Å². The number of ether oxygens (including phenoxy) is 1. The summed E-state index contributed by atoms with van der Waals surface area (Å²) < 4.78 is 44.6. The van der Waals surface area contributed by atoms with Crippen molar-refractivity contribution in [2.24, 2.45) is 5.92 Å². The van der Waals surface area contributed by atoms with Crippen molar-refractivity contribution in [3.05, 3.63) is 27.7 Å². The Hall–Kier alpha value is -1.24. The predicted octanol–water partition coefficient (Wildman–Crippen LogP) is 4.44. The van der Waals surface area contributed by atoms with E-state index in [0.29, 0.717) is 5.56 Å². The van der Waals surface area contributed by atoms with Crippen molar-refractivity contribution in [3.8, 4) is 5.75 Å². The van der Waals surface area contributed by atoms with Gasteiger partial charge in [-0.1, -0.05) is 15.9 Å². The molecule has 7 heteroatoms. The number of carboxylic acids is 1. The third-order valence-corrected chi connectivity index (χ3v) is 4.03. The van der Waals surface area contributed by atoms with Gasteiger partial charge in [-0.15, -0.1) is 0 Å². The number of rotatable bonds is 5. The van der Waals surface area contributed by atoms with E-state index >= 15 is 0 Å². The van der Waals surface area contributed by atoms with Crippen molar-refractivity contribution >= 4 is 21.9 Å². The number of benzene rings is 1. The van der Waals surface area contributed by atoms with Crippen LogP contribution in [-0.4, -0.2) is 18.2 Å². The molecule has 1 N–H and O–H groups in total. The van der Waals surface area contributed by atoms with E-state index in [1.54, 1.807) is 0 Å². The molecule has 0 spiro atoms. The van der Waals surface area contributed by atoms with Gasteiger partial charge in [0.1, 0.15) is 5.75 Å². The molecule has 0 amide bonds. The third kappa shape index (κ3) is 3.70. The van der Waals surface area contributed by atoms with Crippen molar-refractivity contribution in [2.75, 3.05) is 7.11 Å². The molecule has 3 nitrogen and oxygen atoms in total. The molecule has 1 fully saturated rings. The molecule has 1 aromatic carbocycles. The van der Waals surface area contributed by atoms with Crippen LogP contribution in [0.25, 0.3) is 0 Å². The molecule has 116 valence electrons. The van der Waals surface area contributed by atoms with Gasteiger partial charge >= 0.3 is 12.1 Å². The van der Waals surface area contributed by atoms with Crippen molar-refractivity contribution in [1.29, 1.82) is 0 Å². The number of carboxylic acid groups (broad SMARTS) is 1. The molecule has 1 aromatic rings. The molecule has 0 heterocycles. The number of hydrogen-bond acceptors (Lipinski definition) is 2. The maximum Gasteiger partial charge on any atom is 0.420 e. The average Bonchev–Trinajstić information content (AvgIpc) is 3.17. The van der Waals surface area contributed by atoms with Crippen molar-refractivity contribution < 1.29 is 27.8 Å². The van der Waals surface area contributed by atoms with Crippen LogP contribution in [0.3, 0.4) is 0 Å². The Morgan fingerprint density at radius 2 is 2.10 bits per heavy atom. The Kier molecular flexibility index (Phi) is 4.51. The highest BCUT2D eigenvalue weighted by molar-refractivity contribution is 9.10. The van der Waals surface area contributed by atoms with Gasteiger partial charge in [-0.05, 0) is 36.5 Å². The molecule has 0 bridgehead atoms. The lowest BCUT2D eigenvalue weighted by Gasteiger charge is -2.22. The summed E-state index contributed by atoms with van der Waals surface area (Å²) in [5.74, 6) is -1.66. The second-order valence-electron chi connectivity index (χ2n) is 5.12. The van der Waals surface area contributed by atoms with Gasteiger partial charge in [0.2, 0.25) is 0 Å². The molecule has 1 saturated carbocycles. The second kappa shape index (κ2) is 5.87. The van der Waals surface area contributed by atoms with E-state index in [-0.39, 0.29) is 22.6 Å². The zero-order valence-electron chi connectivity index (χ0n) is 11.2. The fourth-order valence-corrected chi connectivity index (χ4v) is 3.02. The Balaban J connectivity index is 2.55. The zero-order chi connectivity index (χ0) is 15.8. The predicted molar refractivity (Wildman–Crippen MR) is 73.4 cm³/mol. The van der Waals surface area contributed by atoms with Crippen LogP contribution < -0.4 is 4.74 Å². The van der Waals surface area contributed by atoms with Crippen LogP contribution in [0.5, 0.6) is 5.75 Å². The minimum Gasteiger partial charge on any atom is -0.496 e. The first kappa shape index (κ1) is 16.1. The smallest absolute Gasteiger partial charge is 0.420 e. The lowest BCUT2D eigenvalue weighted by molar-refractivity contribution is -0.139. The SMILES string of the molecule is COc1c(C(CC(=O)O)C2CC2)cc(Br)cc1C(F)(F)F. The highest BCUT2D eigenvalue weighted by atomic mass is 79.9. The number of carbonyl (C=O) groups is 1. The number of alkyl halides is 3. The molecule has 0 radical (unpaired) electrons. The van der Waals surface area contributed by atoms with Crippen LogP contribution >= 0.6 is 15.9 Å². The van der Waals surface area contributed by atoms with E-state index in [1.807, 2.05) is 0 Å². The first-order valence-corrected chi connectivity index (χ1v) is 7.19. The van der Waals surface area contributed by atoms with Gasteiger partial charge in [0.15, 0.2) is 0 Å². The summed E-state index contributed by atoms with van der Waals surface area (Å²) in [5, 5.41) is 9.01. The summed E-state index contributed by atoms with van der Waals surface area (Å²) in [4.78, 5) is 11.0. The van der Waals surface area contributed by atoms with Crippen LogP contribution in [0.15, 0.2) is 16.6 Å². The highest BCUT2D eigenvalue weighted by Crippen LogP contribution is 2.50. The van der Waals surface area contributed by atoms with Crippen molar-refractivity contribution in [3.63, 3.8) is 0 Å². The van der Waals surface area contributed by atoms with E-state index in [0.717, 1.165) is 18.9 Å². The van der Waals surface area contributed by atoms with Crippen LogP contribution in [-0.2, 0) is 11.0 Å². The molecular formula is C14H14BrF3O3. The van der Waals surface area contributed by atoms with Crippen LogP contribution in [0.4, 0.5) is 13.2 Å².